The van der Waals surface area contributed by atoms with Gasteiger partial charge in [-0.1, -0.05) is 53.6 Å². The molecule has 7 rings (SSSR count). The van der Waals surface area contributed by atoms with Crippen LogP contribution in [0.4, 0.5) is 6.01 Å². The Labute approximate surface area is 308 Å². The first-order valence-corrected chi connectivity index (χ1v) is 19.5. The van der Waals surface area contributed by atoms with Crippen LogP contribution in [0.2, 0.25) is 0 Å². The third-order valence-electron chi connectivity index (χ3n) is 15.5. The van der Waals surface area contributed by atoms with Crippen LogP contribution in [-0.4, -0.2) is 49.7 Å². The third kappa shape index (κ3) is 5.39. The molecule has 10 heteroatoms. The number of hydrogen-bond acceptors (Lipinski definition) is 9. The van der Waals surface area contributed by atoms with Crippen molar-refractivity contribution in [3.8, 4) is 11.5 Å². The minimum absolute atomic E-state index is 0.0131. The fourth-order valence-corrected chi connectivity index (χ4v) is 12.7. The van der Waals surface area contributed by atoms with Crippen molar-refractivity contribution in [1.82, 2.24) is 15.2 Å². The zero-order valence-electron chi connectivity index (χ0n) is 32.6. The molecule has 2 N–H and O–H groups in total. The van der Waals surface area contributed by atoms with Crippen LogP contribution in [0.15, 0.2) is 40.1 Å². The molecule has 282 valence electrons. The van der Waals surface area contributed by atoms with Gasteiger partial charge in [0.2, 0.25) is 0 Å². The molecule has 2 aromatic heterocycles. The molecule has 0 unspecified atom stereocenters. The Morgan fingerprint density at radius 2 is 1.75 bits per heavy atom. The summed E-state index contributed by atoms with van der Waals surface area (Å²) in [7, 11) is 0. The van der Waals surface area contributed by atoms with E-state index in [0.717, 1.165) is 62.5 Å². The molecule has 10 nitrogen and oxygen atoms in total. The number of carboxylic acid groups (broad SMARTS) is 1. The van der Waals surface area contributed by atoms with Gasteiger partial charge in [-0.3, -0.25) is 19.4 Å². The summed E-state index contributed by atoms with van der Waals surface area (Å²) >= 11 is 0. The summed E-state index contributed by atoms with van der Waals surface area (Å²) in [6, 6.07) is 4.08. The second-order valence-corrected chi connectivity index (χ2v) is 19.3. The van der Waals surface area contributed by atoms with E-state index in [4.69, 9.17) is 9.15 Å². The Balaban J connectivity index is 1.18. The van der Waals surface area contributed by atoms with Crippen molar-refractivity contribution in [2.24, 2.45) is 50.7 Å². The molecule has 0 bridgehead atoms. The number of nitrogens with one attached hydrogen (secondary N) is 1. The van der Waals surface area contributed by atoms with Crippen LogP contribution >= 0.6 is 0 Å². The quantitative estimate of drug-likeness (QED) is 0.255. The van der Waals surface area contributed by atoms with Crippen molar-refractivity contribution in [2.45, 2.75) is 138 Å². The van der Waals surface area contributed by atoms with Gasteiger partial charge in [-0.25, -0.2) is 0 Å². The monoisotopic (exact) mass is 714 g/mol. The van der Waals surface area contributed by atoms with Crippen molar-refractivity contribution in [3.63, 3.8) is 0 Å². The third-order valence-corrected chi connectivity index (χ3v) is 15.5. The molecule has 8 atom stereocenters. The van der Waals surface area contributed by atoms with Crippen molar-refractivity contribution in [3.05, 3.63) is 35.7 Å². The lowest BCUT2D eigenvalue weighted by Gasteiger charge is -2.72. The number of carbonyl (C=O) groups is 3. The number of allylic oxidation sites excluding steroid dienone is 1. The molecule has 4 saturated carbocycles. The lowest BCUT2D eigenvalue weighted by molar-refractivity contribution is -0.231. The Morgan fingerprint density at radius 1 is 1.00 bits per heavy atom. The van der Waals surface area contributed by atoms with Gasteiger partial charge >= 0.3 is 18.0 Å². The number of hydrogen-bond donors (Lipinski definition) is 2. The summed E-state index contributed by atoms with van der Waals surface area (Å²) in [4.78, 5) is 43.1. The molecule has 5 aliphatic rings. The number of Topliss-reactive ketones (excluding diaryl/α,β-unsaturated/α-hetero) is 1. The molecular formula is C42H58N4O6. The van der Waals surface area contributed by atoms with E-state index in [1.54, 1.807) is 26.2 Å². The molecule has 0 radical (unpaired) electrons. The number of pyridine rings is 1. The van der Waals surface area contributed by atoms with E-state index >= 15 is 0 Å². The summed E-state index contributed by atoms with van der Waals surface area (Å²) in [5.74, 6) is 0.445. The van der Waals surface area contributed by atoms with E-state index in [-0.39, 0.29) is 51.8 Å². The average Bonchev–Trinajstić information content (AvgIpc) is 3.64. The Hall–Kier alpha value is -3.56. The molecule has 5 aliphatic carbocycles. The van der Waals surface area contributed by atoms with Gasteiger partial charge in [0.05, 0.1) is 22.9 Å². The Kier molecular flexibility index (Phi) is 8.66. The normalized spacial score (nSPS) is 36.8. The SMILES string of the molecule is CC(C)C1=C2[C@H]3CC[C@@H]4[C@@]5(C)CC[C@H](OC(=O)CC(C)(C)C(=O)O)C(C)(C)[C@@H]5CC[C@@]4(C)[C@]3(C)CC[C@@]2(Nc2nnc(-c3cccnc3)o2)CC1=O. The van der Waals surface area contributed by atoms with E-state index in [0.29, 0.717) is 30.2 Å². The summed E-state index contributed by atoms with van der Waals surface area (Å²) < 4.78 is 12.3. The fraction of sp³-hybridized carbons (Fsp3) is 0.714. The summed E-state index contributed by atoms with van der Waals surface area (Å²) in [5.41, 5.74) is 1.17. The van der Waals surface area contributed by atoms with Gasteiger partial charge in [0.15, 0.2) is 5.78 Å². The summed E-state index contributed by atoms with van der Waals surface area (Å²) in [5, 5.41) is 22.0. The molecule has 0 saturated heterocycles. The molecule has 0 aliphatic heterocycles. The van der Waals surface area contributed by atoms with Crippen molar-refractivity contribution >= 4 is 23.7 Å². The average molecular weight is 715 g/mol. The standard InChI is InChI=1S/C42H58N4O6/c1-24(2)32-27(47)21-42(44-36-46-45-34(52-36)25-11-10-20-43-23-25)19-18-40(8)26(33(32)42)12-13-29-39(7)16-15-30(51-31(48)22-37(3,4)35(49)50)38(5,6)28(39)14-17-41(29,40)9/h10-11,20,23-24,26,28-30H,12-19,21-22H2,1-9H3,(H,44,46)(H,49,50)/t26-,28+,29-,30+,39+,40-,41-,42-/m1/s1. The van der Waals surface area contributed by atoms with Gasteiger partial charge in [0, 0.05) is 24.2 Å². The highest BCUT2D eigenvalue weighted by atomic mass is 16.5. The molecular weight excluding hydrogens is 656 g/mol. The first-order chi connectivity index (χ1) is 24.3. The number of fused-ring (bicyclic) bond motifs is 7. The maximum atomic E-state index is 14.0. The van der Waals surface area contributed by atoms with Crippen LogP contribution in [0.5, 0.6) is 0 Å². The van der Waals surface area contributed by atoms with Gasteiger partial charge in [-0.05, 0) is 128 Å². The fourth-order valence-electron chi connectivity index (χ4n) is 12.7. The summed E-state index contributed by atoms with van der Waals surface area (Å²) in [6.07, 6.45) is 11.3. The van der Waals surface area contributed by atoms with Gasteiger partial charge in [0.25, 0.3) is 5.89 Å². The van der Waals surface area contributed by atoms with Gasteiger partial charge < -0.3 is 19.6 Å². The minimum Gasteiger partial charge on any atom is -0.481 e. The van der Waals surface area contributed by atoms with Crippen LogP contribution in [-0.2, 0) is 19.1 Å². The van der Waals surface area contributed by atoms with Crippen LogP contribution in [0.1, 0.15) is 127 Å². The van der Waals surface area contributed by atoms with Crippen LogP contribution in [0.3, 0.4) is 0 Å². The first kappa shape index (κ1) is 36.8. The van der Waals surface area contributed by atoms with E-state index in [2.05, 4.69) is 69.0 Å². The largest absolute Gasteiger partial charge is 0.481 e. The van der Waals surface area contributed by atoms with Crippen molar-refractivity contribution in [2.75, 3.05) is 5.32 Å². The van der Waals surface area contributed by atoms with Crippen molar-refractivity contribution < 1.29 is 28.6 Å². The number of carboxylic acids is 1. The molecule has 2 aromatic rings. The number of aromatic nitrogens is 3. The van der Waals surface area contributed by atoms with Gasteiger partial charge in [-0.2, -0.15) is 0 Å². The number of carbonyl (C=O) groups excluding carboxylic acids is 2. The molecule has 0 amide bonds. The molecule has 0 aromatic carbocycles. The van der Waals surface area contributed by atoms with Crippen LogP contribution in [0, 0.1) is 50.7 Å². The number of anilines is 1. The number of ketones is 1. The highest BCUT2D eigenvalue weighted by Crippen LogP contribution is 2.76. The first-order valence-electron chi connectivity index (χ1n) is 19.5. The zero-order chi connectivity index (χ0) is 37.6. The van der Waals surface area contributed by atoms with Gasteiger partial charge in [0.1, 0.15) is 6.10 Å². The lowest BCUT2D eigenvalue weighted by Crippen LogP contribution is -2.66. The summed E-state index contributed by atoms with van der Waals surface area (Å²) in [6.45, 7) is 19.6. The van der Waals surface area contributed by atoms with Crippen LogP contribution < -0.4 is 5.32 Å². The second kappa shape index (κ2) is 12.2. The van der Waals surface area contributed by atoms with E-state index in [1.807, 2.05) is 12.1 Å². The van der Waals surface area contributed by atoms with E-state index < -0.39 is 22.9 Å². The number of nitrogens with zero attached hydrogens (tertiary/aromatic N) is 3. The predicted molar refractivity (Wildman–Crippen MR) is 197 cm³/mol. The smallest absolute Gasteiger partial charge is 0.316 e. The Morgan fingerprint density at radius 3 is 2.42 bits per heavy atom. The highest BCUT2D eigenvalue weighted by Gasteiger charge is 2.70. The maximum Gasteiger partial charge on any atom is 0.316 e. The number of aliphatic carboxylic acids is 1. The molecule has 2 heterocycles. The second-order valence-electron chi connectivity index (χ2n) is 19.3. The predicted octanol–water partition coefficient (Wildman–Crippen LogP) is 8.69. The highest BCUT2D eigenvalue weighted by molar-refractivity contribution is 6.02. The molecule has 52 heavy (non-hydrogen) atoms. The topological polar surface area (TPSA) is 145 Å². The lowest BCUT2D eigenvalue weighted by atomic mass is 9.33. The van der Waals surface area contributed by atoms with E-state index in [1.165, 1.54) is 5.57 Å². The number of esters is 1. The number of rotatable bonds is 8. The van der Waals surface area contributed by atoms with Crippen LogP contribution in [0.25, 0.3) is 11.5 Å². The molecule has 0 spiro atoms. The van der Waals surface area contributed by atoms with Crippen molar-refractivity contribution in [1.29, 1.82) is 0 Å². The van der Waals surface area contributed by atoms with E-state index in [9.17, 15) is 19.5 Å². The maximum absolute atomic E-state index is 14.0. The molecule has 4 fully saturated rings. The van der Waals surface area contributed by atoms with Gasteiger partial charge in [-0.15, -0.1) is 5.10 Å². The number of ether oxygens (including phenoxy) is 1. The zero-order valence-corrected chi connectivity index (χ0v) is 32.6. The minimum atomic E-state index is -1.17. The Bertz CT molecular complexity index is 1800.